The first-order valence-corrected chi connectivity index (χ1v) is 13.4. The average Bonchev–Trinajstić information content (AvgIpc) is 2.76. The van der Waals surface area contributed by atoms with E-state index in [9.17, 15) is 30.7 Å². The van der Waals surface area contributed by atoms with Gasteiger partial charge in [-0.05, 0) is 74.5 Å². The van der Waals surface area contributed by atoms with Gasteiger partial charge in [-0.25, -0.2) is 26.3 Å². The lowest BCUT2D eigenvalue weighted by molar-refractivity contribution is -0.323. The molecule has 4 fully saturated rings. The Morgan fingerprint density at radius 3 is 1.63 bits per heavy atom. The summed E-state index contributed by atoms with van der Waals surface area (Å²) in [6.07, 6.45) is -15.1. The number of ether oxygens (including phenoxy) is 1. The van der Waals surface area contributed by atoms with E-state index in [0.717, 1.165) is 32.1 Å². The Balaban J connectivity index is 1.32. The van der Waals surface area contributed by atoms with Crippen LogP contribution in [0.15, 0.2) is 0 Å². The van der Waals surface area contributed by atoms with Crippen LogP contribution < -0.4 is 0 Å². The molecule has 6 unspecified atom stereocenters. The second-order valence-corrected chi connectivity index (χ2v) is 11.8. The maximum Gasteiger partial charge on any atom is 0.364 e. The topological polar surface area (TPSA) is 9.23 Å². The van der Waals surface area contributed by atoms with Crippen LogP contribution >= 0.6 is 0 Å². The van der Waals surface area contributed by atoms with Crippen molar-refractivity contribution in [1.29, 1.82) is 0 Å². The summed E-state index contributed by atoms with van der Waals surface area (Å²) in [5.74, 6) is -2.22. The number of alkyl halides is 8. The van der Waals surface area contributed by atoms with Crippen LogP contribution in [0.4, 0.5) is 35.1 Å². The van der Waals surface area contributed by atoms with E-state index in [0.29, 0.717) is 24.7 Å². The minimum Gasteiger partial charge on any atom is -0.317 e. The third kappa shape index (κ3) is 6.11. The molecule has 9 heteroatoms. The molecule has 0 heterocycles. The average molecular weight is 519 g/mol. The van der Waals surface area contributed by atoms with Crippen LogP contribution in [0.25, 0.3) is 0 Å². The largest absolute Gasteiger partial charge is 0.364 e. The molecular formula is C26H38F8O. The van der Waals surface area contributed by atoms with Crippen LogP contribution in [0.3, 0.4) is 0 Å². The van der Waals surface area contributed by atoms with E-state index in [1.165, 1.54) is 0 Å². The number of hydrogen-bond donors (Lipinski definition) is 0. The van der Waals surface area contributed by atoms with Crippen molar-refractivity contribution < 1.29 is 39.9 Å². The third-order valence-electron chi connectivity index (χ3n) is 9.41. The summed E-state index contributed by atoms with van der Waals surface area (Å²) in [7, 11) is 0. The van der Waals surface area contributed by atoms with Crippen molar-refractivity contribution in [1.82, 2.24) is 0 Å². The Bertz CT molecular complexity index is 662. The fraction of sp³-hybridized carbons (Fsp3) is 1.00. The van der Waals surface area contributed by atoms with Gasteiger partial charge in [-0.3, -0.25) is 0 Å². The second-order valence-electron chi connectivity index (χ2n) is 11.8. The van der Waals surface area contributed by atoms with Crippen molar-refractivity contribution >= 4 is 0 Å². The van der Waals surface area contributed by atoms with Gasteiger partial charge < -0.3 is 4.74 Å². The Morgan fingerprint density at radius 1 is 0.571 bits per heavy atom. The molecule has 0 aromatic heterocycles. The van der Waals surface area contributed by atoms with Crippen LogP contribution in [0.1, 0.15) is 77.6 Å². The fourth-order valence-electron chi connectivity index (χ4n) is 7.33. The summed E-state index contributed by atoms with van der Waals surface area (Å²) < 4.78 is 120. The predicted octanol–water partition coefficient (Wildman–Crippen LogP) is 8.06. The van der Waals surface area contributed by atoms with Gasteiger partial charge in [-0.1, -0.05) is 19.8 Å². The van der Waals surface area contributed by atoms with Gasteiger partial charge in [-0.2, -0.15) is 8.78 Å². The highest BCUT2D eigenvalue weighted by atomic mass is 19.3. The van der Waals surface area contributed by atoms with Crippen LogP contribution in [-0.2, 0) is 4.74 Å². The highest BCUT2D eigenvalue weighted by Crippen LogP contribution is 2.50. The zero-order chi connectivity index (χ0) is 25.5. The Hall–Kier alpha value is -0.600. The molecule has 0 N–H and O–H groups in total. The van der Waals surface area contributed by atoms with Crippen LogP contribution in [0.5, 0.6) is 0 Å². The van der Waals surface area contributed by atoms with Crippen molar-refractivity contribution in [2.24, 2.45) is 35.5 Å². The normalized spacial score (nSPS) is 50.1. The first kappa shape index (κ1) is 27.4. The number of halogens is 8. The molecule has 4 saturated carbocycles. The van der Waals surface area contributed by atoms with Crippen molar-refractivity contribution in [3.05, 3.63) is 0 Å². The molecule has 0 spiro atoms. The van der Waals surface area contributed by atoms with E-state index in [-0.39, 0.29) is 5.92 Å². The van der Waals surface area contributed by atoms with Gasteiger partial charge in [0.25, 0.3) is 0 Å². The van der Waals surface area contributed by atoms with Crippen molar-refractivity contribution in [3.63, 3.8) is 0 Å². The molecule has 4 aliphatic rings. The van der Waals surface area contributed by atoms with E-state index in [1.807, 2.05) is 0 Å². The summed E-state index contributed by atoms with van der Waals surface area (Å²) in [4.78, 5) is 0. The zero-order valence-corrected chi connectivity index (χ0v) is 20.2. The van der Waals surface area contributed by atoms with E-state index >= 15 is 4.39 Å². The highest BCUT2D eigenvalue weighted by Gasteiger charge is 2.57. The highest BCUT2D eigenvalue weighted by molar-refractivity contribution is 4.97. The van der Waals surface area contributed by atoms with E-state index in [4.69, 9.17) is 0 Å². The zero-order valence-electron chi connectivity index (χ0n) is 20.2. The molecule has 1 nitrogen and oxygen atoms in total. The molecule has 0 aromatic carbocycles. The molecule has 7 atom stereocenters. The smallest absolute Gasteiger partial charge is 0.317 e. The molecule has 0 bridgehead atoms. The van der Waals surface area contributed by atoms with Gasteiger partial charge in [0, 0.05) is 12.8 Å². The maximum atomic E-state index is 15.2. The van der Waals surface area contributed by atoms with E-state index in [2.05, 4.69) is 11.7 Å². The Kier molecular flexibility index (Phi) is 8.64. The lowest BCUT2D eigenvalue weighted by Gasteiger charge is -2.45. The predicted molar refractivity (Wildman–Crippen MR) is 117 cm³/mol. The molecule has 0 aromatic rings. The summed E-state index contributed by atoms with van der Waals surface area (Å²) in [5, 5.41) is 0. The minimum atomic E-state index is -4.30. The SMILES string of the molecule is CC1CCC([C@@H]2CCC(C3CC(F)C(C(F)(F)OC4CC(F)C(F)C(F)C4)C(F)C3)C(F)C2)CC1. The summed E-state index contributed by atoms with van der Waals surface area (Å²) in [6, 6.07) is 0. The number of rotatable bonds is 5. The number of hydrogen-bond acceptors (Lipinski definition) is 1. The van der Waals surface area contributed by atoms with Gasteiger partial charge in [-0.15, -0.1) is 0 Å². The monoisotopic (exact) mass is 518 g/mol. The maximum absolute atomic E-state index is 15.2. The van der Waals surface area contributed by atoms with Crippen LogP contribution in [0, 0.1) is 35.5 Å². The van der Waals surface area contributed by atoms with Crippen molar-refractivity contribution in [2.45, 2.75) is 127 Å². The summed E-state index contributed by atoms with van der Waals surface area (Å²) in [5.41, 5.74) is 0. The molecule has 0 radical (unpaired) electrons. The van der Waals surface area contributed by atoms with Gasteiger partial charge in [0.05, 0.1) is 6.10 Å². The lowest BCUT2D eigenvalue weighted by atomic mass is 9.64. The van der Waals surface area contributed by atoms with Crippen molar-refractivity contribution in [2.75, 3.05) is 0 Å². The Labute approximate surface area is 202 Å². The van der Waals surface area contributed by atoms with E-state index < -0.39 is 92.7 Å². The van der Waals surface area contributed by atoms with Crippen molar-refractivity contribution in [3.8, 4) is 0 Å². The molecule has 35 heavy (non-hydrogen) atoms. The quantitative estimate of drug-likeness (QED) is 0.335. The van der Waals surface area contributed by atoms with Gasteiger partial charge >= 0.3 is 6.11 Å². The first-order chi connectivity index (χ1) is 16.5. The molecule has 0 saturated heterocycles. The second kappa shape index (κ2) is 11.0. The van der Waals surface area contributed by atoms with E-state index in [1.54, 1.807) is 0 Å². The Morgan fingerprint density at radius 2 is 1.09 bits per heavy atom. The molecule has 0 amide bonds. The van der Waals surface area contributed by atoms with Crippen LogP contribution in [0.2, 0.25) is 0 Å². The summed E-state index contributed by atoms with van der Waals surface area (Å²) in [6.45, 7) is 2.22. The summed E-state index contributed by atoms with van der Waals surface area (Å²) >= 11 is 0. The molecule has 4 aliphatic carbocycles. The molecule has 0 aliphatic heterocycles. The van der Waals surface area contributed by atoms with Crippen LogP contribution in [-0.4, -0.2) is 49.2 Å². The third-order valence-corrected chi connectivity index (χ3v) is 9.41. The van der Waals surface area contributed by atoms with Gasteiger partial charge in [0.15, 0.2) is 6.17 Å². The first-order valence-electron chi connectivity index (χ1n) is 13.4. The van der Waals surface area contributed by atoms with Gasteiger partial charge in [0.1, 0.15) is 36.8 Å². The molecular weight excluding hydrogens is 480 g/mol. The molecule has 4 rings (SSSR count). The lowest BCUT2D eigenvalue weighted by Crippen LogP contribution is -2.52. The van der Waals surface area contributed by atoms with Gasteiger partial charge in [0.2, 0.25) is 0 Å². The standard InChI is InChI=1S/C26H38F8O/c1-13-2-4-14(5-3-13)15-6-7-18(19(27)8-15)16-9-20(28)24(21(29)10-16)26(33,34)35-17-11-22(30)25(32)23(31)12-17/h13-25H,2-12H2,1H3/t13?,14?,15-,16?,17?,18?,19?,20?,21?,22?,23?,24?,25?/m1/s1. The fourth-order valence-corrected chi connectivity index (χ4v) is 7.33. The molecule has 204 valence electrons. The minimum absolute atomic E-state index is 0.267.